The predicted molar refractivity (Wildman–Crippen MR) is 67.1 cm³/mol. The molecule has 0 aromatic heterocycles. The summed E-state index contributed by atoms with van der Waals surface area (Å²) in [4.78, 5) is 0. The van der Waals surface area contributed by atoms with Crippen molar-refractivity contribution in [2.24, 2.45) is 5.92 Å². The fourth-order valence-corrected chi connectivity index (χ4v) is 1.69. The van der Waals surface area contributed by atoms with Crippen molar-refractivity contribution in [3.63, 3.8) is 0 Å². The Morgan fingerprint density at radius 3 is 1.57 bits per heavy atom. The molecule has 0 atom stereocenters. The lowest BCUT2D eigenvalue weighted by molar-refractivity contribution is 0.508. The Balaban J connectivity index is 0. The van der Waals surface area contributed by atoms with Gasteiger partial charge in [0.05, 0.1) is 0 Å². The Bertz CT molecular complexity index is 89.2. The van der Waals surface area contributed by atoms with Crippen LogP contribution in [0.15, 0.2) is 0 Å². The smallest absolute Gasteiger partial charge is 0.0471 e. The molecule has 0 heterocycles. The third-order valence-corrected chi connectivity index (χ3v) is 2.64. The van der Waals surface area contributed by atoms with Crippen LogP contribution in [-0.2, 0) is 0 Å². The minimum absolute atomic E-state index is 0. The van der Waals surface area contributed by atoms with E-state index in [0.29, 0.717) is 0 Å². The Labute approximate surface area is 91.3 Å². The second kappa shape index (κ2) is 13.0. The summed E-state index contributed by atoms with van der Waals surface area (Å²) in [6, 6.07) is 0. The summed E-state index contributed by atoms with van der Waals surface area (Å²) in [6.07, 6.45) is 13.0. The molecule has 0 aromatic rings. The first-order chi connectivity index (χ1) is 6.27. The lowest BCUT2D eigenvalue weighted by atomic mass is 10.0. The summed E-state index contributed by atoms with van der Waals surface area (Å²) < 4.78 is 0. The van der Waals surface area contributed by atoms with Crippen LogP contribution in [0.3, 0.4) is 0 Å². The van der Waals surface area contributed by atoms with E-state index in [4.69, 9.17) is 0 Å². The van der Waals surface area contributed by atoms with Gasteiger partial charge in [-0.15, -0.1) is 0 Å². The maximum Gasteiger partial charge on any atom is -0.0471 e. The fourth-order valence-electron chi connectivity index (χ4n) is 1.69. The minimum atomic E-state index is 0. The molecule has 88 valence electrons. The summed E-state index contributed by atoms with van der Waals surface area (Å²) in [6.45, 7) is 6.92. The maximum absolute atomic E-state index is 2.32. The first kappa shape index (κ1) is 16.4. The molecule has 0 aliphatic rings. The van der Waals surface area contributed by atoms with E-state index in [1.807, 2.05) is 0 Å². The second-order valence-corrected chi connectivity index (χ2v) is 4.66. The average Bonchev–Trinajstić information content (AvgIpc) is 2.09. The Morgan fingerprint density at radius 2 is 1.14 bits per heavy atom. The predicted octanol–water partition coefficient (Wildman–Crippen LogP) is 5.34. The van der Waals surface area contributed by atoms with Crippen molar-refractivity contribution in [2.75, 3.05) is 0 Å². The van der Waals surface area contributed by atoms with Crippen LogP contribution in [-0.4, -0.2) is 0 Å². The van der Waals surface area contributed by atoms with E-state index in [9.17, 15) is 0 Å². The van der Waals surface area contributed by atoms with Gasteiger partial charge in [0.1, 0.15) is 0 Å². The van der Waals surface area contributed by atoms with E-state index >= 15 is 0 Å². The van der Waals surface area contributed by atoms with Crippen LogP contribution in [0, 0.1) is 5.92 Å². The quantitative estimate of drug-likeness (QED) is 0.502. The third kappa shape index (κ3) is 14.5. The fraction of sp³-hybridized carbons (Fsp3) is 1.00. The van der Waals surface area contributed by atoms with Crippen LogP contribution >= 0.6 is 0 Å². The molecule has 0 amide bonds. The largest absolute Gasteiger partial charge is 0.344 e. The van der Waals surface area contributed by atoms with Crippen LogP contribution in [0.2, 0.25) is 0 Å². The first-order valence-electron chi connectivity index (χ1n) is 6.27. The van der Waals surface area contributed by atoms with Crippen LogP contribution in [0.4, 0.5) is 0 Å². The molecule has 0 aromatic carbocycles. The number of hydrogen-bond donors (Lipinski definition) is 1. The average molecular weight is 201 g/mol. The molecule has 0 aliphatic carbocycles. The minimum Gasteiger partial charge on any atom is -0.344 e. The Kier molecular flexibility index (Phi) is 15.2. The van der Waals surface area contributed by atoms with Crippen LogP contribution < -0.4 is 6.15 Å². The molecule has 0 bridgehead atoms. The molecule has 0 saturated heterocycles. The van der Waals surface area contributed by atoms with Crippen LogP contribution in [0.25, 0.3) is 0 Å². The van der Waals surface area contributed by atoms with Crippen molar-refractivity contribution in [3.05, 3.63) is 0 Å². The second-order valence-electron chi connectivity index (χ2n) is 4.66. The zero-order valence-electron chi connectivity index (χ0n) is 10.6. The van der Waals surface area contributed by atoms with Gasteiger partial charge in [-0.3, -0.25) is 0 Å². The summed E-state index contributed by atoms with van der Waals surface area (Å²) in [5.74, 6) is 0.903. The highest BCUT2D eigenvalue weighted by atomic mass is 14.0. The van der Waals surface area contributed by atoms with Gasteiger partial charge in [0.25, 0.3) is 0 Å². The standard InChI is InChI=1S/C13H28.H3N/c1-4-5-6-7-8-9-10-11-12-13(2)3;/h13H,4-12H2,1-3H3;1H3. The Hall–Kier alpha value is -0.0400. The van der Waals surface area contributed by atoms with Gasteiger partial charge in [-0.2, -0.15) is 0 Å². The number of unbranched alkanes of at least 4 members (excludes halogenated alkanes) is 7. The highest BCUT2D eigenvalue weighted by molar-refractivity contribution is 4.48. The van der Waals surface area contributed by atoms with Gasteiger partial charge in [-0.05, 0) is 5.92 Å². The molecule has 1 nitrogen and oxygen atoms in total. The van der Waals surface area contributed by atoms with Gasteiger partial charge in [-0.25, -0.2) is 0 Å². The van der Waals surface area contributed by atoms with Gasteiger partial charge in [0.2, 0.25) is 0 Å². The third-order valence-electron chi connectivity index (χ3n) is 2.64. The highest BCUT2D eigenvalue weighted by Gasteiger charge is 1.94. The lowest BCUT2D eigenvalue weighted by Gasteiger charge is -2.03. The highest BCUT2D eigenvalue weighted by Crippen LogP contribution is 2.12. The van der Waals surface area contributed by atoms with Crippen LogP contribution in [0.5, 0.6) is 0 Å². The summed E-state index contributed by atoms with van der Waals surface area (Å²) in [5, 5.41) is 0. The summed E-state index contributed by atoms with van der Waals surface area (Å²) in [7, 11) is 0. The zero-order chi connectivity index (χ0) is 9.94. The van der Waals surface area contributed by atoms with Gasteiger partial charge in [0, 0.05) is 0 Å². The maximum atomic E-state index is 2.32. The van der Waals surface area contributed by atoms with Gasteiger partial charge < -0.3 is 6.15 Å². The topological polar surface area (TPSA) is 35.0 Å². The first-order valence-corrected chi connectivity index (χ1v) is 6.27. The molecule has 0 spiro atoms. The van der Waals surface area contributed by atoms with Crippen molar-refractivity contribution in [2.45, 2.75) is 78.6 Å². The molecule has 0 unspecified atom stereocenters. The SMILES string of the molecule is CCCCCCCCCCC(C)C.N. The van der Waals surface area contributed by atoms with Gasteiger partial charge in [-0.1, -0.05) is 78.6 Å². The molecule has 1 heteroatoms. The molecule has 14 heavy (non-hydrogen) atoms. The Morgan fingerprint density at radius 1 is 0.714 bits per heavy atom. The molecule has 0 saturated carbocycles. The van der Waals surface area contributed by atoms with Crippen molar-refractivity contribution >= 4 is 0 Å². The summed E-state index contributed by atoms with van der Waals surface area (Å²) >= 11 is 0. The van der Waals surface area contributed by atoms with E-state index in [2.05, 4.69) is 20.8 Å². The van der Waals surface area contributed by atoms with Gasteiger partial charge >= 0.3 is 0 Å². The lowest BCUT2D eigenvalue weighted by Crippen LogP contribution is -1.87. The van der Waals surface area contributed by atoms with E-state index in [-0.39, 0.29) is 6.15 Å². The van der Waals surface area contributed by atoms with E-state index in [1.54, 1.807) is 0 Å². The molecular weight excluding hydrogens is 170 g/mol. The normalized spacial score (nSPS) is 10.3. The van der Waals surface area contributed by atoms with Crippen molar-refractivity contribution < 1.29 is 0 Å². The molecule has 0 rings (SSSR count). The van der Waals surface area contributed by atoms with Crippen molar-refractivity contribution in [3.8, 4) is 0 Å². The zero-order valence-corrected chi connectivity index (χ0v) is 10.6. The van der Waals surface area contributed by atoms with Crippen LogP contribution in [0.1, 0.15) is 78.6 Å². The molecule has 0 aliphatic heterocycles. The summed E-state index contributed by atoms with van der Waals surface area (Å²) in [5.41, 5.74) is 0. The molecule has 0 fully saturated rings. The molecular formula is C13H31N. The van der Waals surface area contributed by atoms with E-state index in [1.165, 1.54) is 57.8 Å². The molecule has 0 radical (unpaired) electrons. The van der Waals surface area contributed by atoms with Gasteiger partial charge in [0.15, 0.2) is 0 Å². The number of rotatable bonds is 9. The molecule has 3 N–H and O–H groups in total. The van der Waals surface area contributed by atoms with Crippen molar-refractivity contribution in [1.82, 2.24) is 6.15 Å². The van der Waals surface area contributed by atoms with E-state index in [0.717, 1.165) is 5.92 Å². The van der Waals surface area contributed by atoms with Crippen molar-refractivity contribution in [1.29, 1.82) is 0 Å². The number of hydrogen-bond acceptors (Lipinski definition) is 1. The van der Waals surface area contributed by atoms with E-state index < -0.39 is 0 Å². The monoisotopic (exact) mass is 201 g/mol.